The molecule has 2 N–H and O–H groups in total. The number of methoxy groups -OCH3 is 1. The highest BCUT2D eigenvalue weighted by Crippen LogP contribution is 2.22. The van der Waals surface area contributed by atoms with E-state index in [0.29, 0.717) is 44.7 Å². The molecule has 0 aromatic heterocycles. The number of hydrogen-bond donors (Lipinski definition) is 2. The predicted molar refractivity (Wildman–Crippen MR) is 176 cm³/mol. The van der Waals surface area contributed by atoms with Crippen LogP contribution in [0.3, 0.4) is 0 Å². The molecule has 1 aliphatic rings. The zero-order chi connectivity index (χ0) is 31.9. The molecule has 0 saturated carbocycles. The molecule has 1 aliphatic heterocycles. The van der Waals surface area contributed by atoms with Crippen LogP contribution in [0.1, 0.15) is 51.5 Å². The summed E-state index contributed by atoms with van der Waals surface area (Å²) < 4.78 is 17.4. The van der Waals surface area contributed by atoms with E-state index < -0.39 is 12.0 Å². The Morgan fingerprint density at radius 1 is 1.21 bits per heavy atom. The van der Waals surface area contributed by atoms with Crippen LogP contribution in [0.25, 0.3) is 0 Å². The zero-order valence-electron chi connectivity index (χ0n) is 26.4. The van der Waals surface area contributed by atoms with Crippen LogP contribution in [0.5, 0.6) is 5.75 Å². The van der Waals surface area contributed by atoms with Gasteiger partial charge in [-0.25, -0.2) is 9.79 Å². The standard InChI is InChI=1S/C33H49N3O5.C2H2/c1-6-8-9-12-15-26(3)31(39-5)28(7-2)25-35-30(32(37)38)24-27-16-18-29(19-17-27)40-23-21-36(4)33-34-20-13-10-11-14-22-41-33;1-2/h7,10-11,13-14,16-19,25-26,30-31,35H,2,6,8-9,12,15,20-24H2,1,3-5H3,(H,37,38);1-2H/b13-10-,14-11-,28-25+,34-33?;. The van der Waals surface area contributed by atoms with Crippen LogP contribution in [0.4, 0.5) is 0 Å². The van der Waals surface area contributed by atoms with Crippen molar-refractivity contribution in [2.75, 3.05) is 40.5 Å². The van der Waals surface area contributed by atoms with E-state index in [9.17, 15) is 9.90 Å². The summed E-state index contributed by atoms with van der Waals surface area (Å²) in [6.07, 6.45) is 25.4. The number of aliphatic imine (C=N–C) groups is 1. The van der Waals surface area contributed by atoms with Crippen LogP contribution in [0.15, 0.2) is 78.0 Å². The Bertz CT molecular complexity index is 1070. The number of hydrogen-bond acceptors (Lipinski definition) is 7. The quantitative estimate of drug-likeness (QED) is 0.122. The molecule has 1 aromatic carbocycles. The highest BCUT2D eigenvalue weighted by atomic mass is 16.5. The highest BCUT2D eigenvalue weighted by Gasteiger charge is 2.21. The summed E-state index contributed by atoms with van der Waals surface area (Å²) in [6.45, 7) is 10.4. The van der Waals surface area contributed by atoms with Gasteiger partial charge < -0.3 is 29.5 Å². The van der Waals surface area contributed by atoms with Crippen LogP contribution in [0, 0.1) is 18.8 Å². The van der Waals surface area contributed by atoms with Crippen molar-refractivity contribution in [3.63, 3.8) is 0 Å². The van der Waals surface area contributed by atoms with E-state index in [2.05, 4.69) is 43.6 Å². The first-order chi connectivity index (χ1) is 20.9. The van der Waals surface area contributed by atoms with Gasteiger partial charge in [0.15, 0.2) is 0 Å². The van der Waals surface area contributed by atoms with E-state index in [4.69, 9.17) is 14.2 Å². The Morgan fingerprint density at radius 3 is 2.58 bits per heavy atom. The molecular formula is C35H51N3O5. The van der Waals surface area contributed by atoms with Crippen molar-refractivity contribution in [1.82, 2.24) is 10.2 Å². The molecule has 236 valence electrons. The van der Waals surface area contributed by atoms with Crippen molar-refractivity contribution < 1.29 is 24.1 Å². The smallest absolute Gasteiger partial charge is 0.326 e. The molecule has 0 bridgehead atoms. The van der Waals surface area contributed by atoms with Crippen molar-refractivity contribution in [2.24, 2.45) is 10.9 Å². The fourth-order valence-corrected chi connectivity index (χ4v) is 4.57. The molecule has 8 nitrogen and oxygen atoms in total. The number of unbranched alkanes of at least 4 members (excludes halogenated alkanes) is 3. The molecule has 1 aromatic rings. The number of nitrogens with zero attached hydrogens (tertiary/aromatic N) is 2. The number of benzene rings is 1. The number of aliphatic carboxylic acids is 1. The molecule has 3 unspecified atom stereocenters. The SMILES string of the molecule is C#C.C=C/C(=C\NC(Cc1ccc(OCCN(C)C2=NC/C=C\C=C/CO2)cc1)C(=O)O)C(OC)C(C)CCCCCC. The third-order valence-electron chi connectivity index (χ3n) is 7.01. The van der Waals surface area contributed by atoms with E-state index in [1.54, 1.807) is 19.4 Å². The topological polar surface area (TPSA) is 92.6 Å². The normalized spacial score (nSPS) is 16.6. The highest BCUT2D eigenvalue weighted by molar-refractivity contribution is 5.74. The summed E-state index contributed by atoms with van der Waals surface area (Å²) in [4.78, 5) is 18.4. The van der Waals surface area contributed by atoms with Crippen LogP contribution in [-0.2, 0) is 20.7 Å². The summed E-state index contributed by atoms with van der Waals surface area (Å²) in [5.41, 5.74) is 1.75. The van der Waals surface area contributed by atoms with Crippen molar-refractivity contribution in [1.29, 1.82) is 0 Å². The molecule has 0 saturated heterocycles. The molecule has 8 heteroatoms. The number of ether oxygens (including phenoxy) is 3. The summed E-state index contributed by atoms with van der Waals surface area (Å²) >= 11 is 0. The lowest BCUT2D eigenvalue weighted by molar-refractivity contribution is -0.139. The van der Waals surface area contributed by atoms with E-state index in [-0.39, 0.29) is 6.10 Å². The minimum atomic E-state index is -0.921. The van der Waals surface area contributed by atoms with Crippen LogP contribution >= 0.6 is 0 Å². The van der Waals surface area contributed by atoms with Gasteiger partial charge in [0.1, 0.15) is 25.0 Å². The largest absolute Gasteiger partial charge is 0.492 e. The second-order valence-electron chi connectivity index (χ2n) is 10.3. The maximum absolute atomic E-state index is 12.0. The van der Waals surface area contributed by atoms with Crippen molar-refractivity contribution in [3.8, 4) is 18.6 Å². The Morgan fingerprint density at radius 2 is 1.93 bits per heavy atom. The van der Waals surface area contributed by atoms with E-state index in [0.717, 1.165) is 29.7 Å². The number of amidine groups is 1. The van der Waals surface area contributed by atoms with Gasteiger partial charge in [0.25, 0.3) is 6.02 Å². The van der Waals surface area contributed by atoms with Gasteiger partial charge in [-0.3, -0.25) is 0 Å². The summed E-state index contributed by atoms with van der Waals surface area (Å²) in [6, 6.07) is 7.32. The van der Waals surface area contributed by atoms with Gasteiger partial charge in [0.2, 0.25) is 0 Å². The van der Waals surface area contributed by atoms with Gasteiger partial charge >= 0.3 is 5.97 Å². The molecule has 2 rings (SSSR count). The molecule has 0 aliphatic carbocycles. The fourth-order valence-electron chi connectivity index (χ4n) is 4.57. The molecule has 0 radical (unpaired) electrons. The fraction of sp³-hybridized carbons (Fsp3) is 0.486. The van der Waals surface area contributed by atoms with E-state index in [1.165, 1.54) is 19.3 Å². The first-order valence-corrected chi connectivity index (χ1v) is 15.0. The Balaban J connectivity index is 0.00000452. The number of allylic oxidation sites excluding steroid dienone is 2. The molecule has 0 amide bonds. The summed E-state index contributed by atoms with van der Waals surface area (Å²) in [7, 11) is 3.61. The molecule has 43 heavy (non-hydrogen) atoms. The maximum atomic E-state index is 12.0. The van der Waals surface area contributed by atoms with Crippen molar-refractivity contribution in [2.45, 2.75) is 64.5 Å². The number of carbonyl (C=O) groups is 1. The predicted octanol–water partition coefficient (Wildman–Crippen LogP) is 6.02. The van der Waals surface area contributed by atoms with Gasteiger partial charge in [0.05, 0.1) is 19.2 Å². The summed E-state index contributed by atoms with van der Waals surface area (Å²) in [5, 5.41) is 13.0. The van der Waals surface area contributed by atoms with Gasteiger partial charge in [0, 0.05) is 26.8 Å². The molecule has 1 heterocycles. The first-order valence-electron chi connectivity index (χ1n) is 15.0. The zero-order valence-corrected chi connectivity index (χ0v) is 26.4. The molecule has 0 spiro atoms. The number of rotatable bonds is 18. The number of terminal acetylenes is 1. The Labute approximate surface area is 259 Å². The number of nitrogens with one attached hydrogen (secondary N) is 1. The molecule has 0 fully saturated rings. The summed E-state index contributed by atoms with van der Waals surface area (Å²) in [5.74, 6) is 0.0973. The first kappa shape index (κ1) is 37.1. The van der Waals surface area contributed by atoms with Crippen LogP contribution < -0.4 is 10.1 Å². The third kappa shape index (κ3) is 14.7. The molecular weight excluding hydrogens is 542 g/mol. The minimum absolute atomic E-state index is 0.143. The minimum Gasteiger partial charge on any atom is -0.492 e. The van der Waals surface area contributed by atoms with Crippen LogP contribution in [-0.4, -0.2) is 74.6 Å². The second-order valence-corrected chi connectivity index (χ2v) is 10.3. The lowest BCUT2D eigenvalue weighted by Crippen LogP contribution is -2.36. The van der Waals surface area contributed by atoms with E-state index in [1.807, 2.05) is 60.5 Å². The van der Waals surface area contributed by atoms with Gasteiger partial charge in [-0.1, -0.05) is 82.5 Å². The Hall–Kier alpha value is -3.96. The maximum Gasteiger partial charge on any atom is 0.326 e. The van der Waals surface area contributed by atoms with Crippen LogP contribution in [0.2, 0.25) is 0 Å². The molecule has 3 atom stereocenters. The third-order valence-corrected chi connectivity index (χ3v) is 7.01. The average molecular weight is 594 g/mol. The second kappa shape index (κ2) is 22.6. The van der Waals surface area contributed by atoms with Gasteiger partial charge in [-0.15, -0.1) is 12.8 Å². The lowest BCUT2D eigenvalue weighted by Gasteiger charge is -2.25. The lowest BCUT2D eigenvalue weighted by atomic mass is 9.92. The monoisotopic (exact) mass is 593 g/mol. The van der Waals surface area contributed by atoms with Crippen molar-refractivity contribution >= 4 is 12.0 Å². The number of carboxylic acids is 1. The van der Waals surface area contributed by atoms with Gasteiger partial charge in [-0.2, -0.15) is 0 Å². The Kier molecular flexibility index (Phi) is 19.5. The number of carboxylic acid groups (broad SMARTS) is 1. The van der Waals surface area contributed by atoms with Crippen molar-refractivity contribution in [3.05, 3.63) is 78.6 Å². The number of likely N-dealkylation sites (N-methyl/N-ethyl adjacent to an activating group) is 1. The van der Waals surface area contributed by atoms with E-state index >= 15 is 0 Å². The average Bonchev–Trinajstić information content (AvgIpc) is 3.16. The van der Waals surface area contributed by atoms with Gasteiger partial charge in [-0.05, 0) is 41.7 Å².